The quantitative estimate of drug-likeness (QED) is 0.521. The first-order valence-corrected chi connectivity index (χ1v) is 11.2. The lowest BCUT2D eigenvalue weighted by Gasteiger charge is -2.31. The van der Waals surface area contributed by atoms with Crippen LogP contribution in [0.1, 0.15) is 38.3 Å². The van der Waals surface area contributed by atoms with Gasteiger partial charge in [-0.25, -0.2) is 0 Å². The van der Waals surface area contributed by atoms with Gasteiger partial charge in [0, 0.05) is 23.1 Å². The predicted octanol–water partition coefficient (Wildman–Crippen LogP) is 5.26. The van der Waals surface area contributed by atoms with Gasteiger partial charge in [-0.3, -0.25) is 9.59 Å². The fourth-order valence-electron chi connectivity index (χ4n) is 3.09. The molecular formula is C24H30Cl2N2O3. The minimum atomic E-state index is -0.627. The molecule has 0 aliphatic rings. The van der Waals surface area contributed by atoms with Crippen molar-refractivity contribution in [3.63, 3.8) is 0 Å². The molecule has 1 atom stereocenters. The Labute approximate surface area is 194 Å². The van der Waals surface area contributed by atoms with E-state index in [1.165, 1.54) is 0 Å². The van der Waals surface area contributed by atoms with Gasteiger partial charge in [0.25, 0.3) is 5.91 Å². The third-order valence-corrected chi connectivity index (χ3v) is 5.65. The Morgan fingerprint density at radius 1 is 1.10 bits per heavy atom. The Kier molecular flexibility index (Phi) is 9.66. The molecule has 2 amide bonds. The molecule has 1 N–H and O–H groups in total. The van der Waals surface area contributed by atoms with Gasteiger partial charge in [0.1, 0.15) is 11.8 Å². The summed E-state index contributed by atoms with van der Waals surface area (Å²) in [5.41, 5.74) is 1.63. The number of nitrogens with zero attached hydrogens (tertiary/aromatic N) is 1. The van der Waals surface area contributed by atoms with Crippen LogP contribution in [0.5, 0.6) is 5.75 Å². The van der Waals surface area contributed by atoms with Gasteiger partial charge < -0.3 is 15.0 Å². The maximum absolute atomic E-state index is 13.2. The SMILES string of the molecule is CC[C@@H](C(=O)NCC(C)C)N(Cc1ccccc1Cl)C(=O)COc1ccc(Cl)c(C)c1. The van der Waals surface area contributed by atoms with Crippen LogP contribution in [-0.2, 0) is 16.1 Å². The van der Waals surface area contributed by atoms with Gasteiger partial charge in [-0.05, 0) is 54.7 Å². The minimum absolute atomic E-state index is 0.182. The molecule has 7 heteroatoms. The van der Waals surface area contributed by atoms with Gasteiger partial charge in [-0.1, -0.05) is 62.2 Å². The van der Waals surface area contributed by atoms with Gasteiger partial charge in [-0.15, -0.1) is 0 Å². The Hall–Kier alpha value is -2.24. The molecule has 0 saturated carbocycles. The van der Waals surface area contributed by atoms with Crippen molar-refractivity contribution < 1.29 is 14.3 Å². The molecule has 0 aliphatic carbocycles. The van der Waals surface area contributed by atoms with Gasteiger partial charge in [-0.2, -0.15) is 0 Å². The van der Waals surface area contributed by atoms with Crippen molar-refractivity contribution in [2.75, 3.05) is 13.2 Å². The number of benzene rings is 2. The molecule has 0 fully saturated rings. The first-order valence-electron chi connectivity index (χ1n) is 10.4. The average Bonchev–Trinajstić information content (AvgIpc) is 2.74. The second kappa shape index (κ2) is 12.0. The first-order chi connectivity index (χ1) is 14.7. The fourth-order valence-corrected chi connectivity index (χ4v) is 3.40. The van der Waals surface area contributed by atoms with E-state index in [4.69, 9.17) is 27.9 Å². The molecule has 0 unspecified atom stereocenters. The van der Waals surface area contributed by atoms with Crippen molar-refractivity contribution in [3.05, 3.63) is 63.6 Å². The summed E-state index contributed by atoms with van der Waals surface area (Å²) in [4.78, 5) is 27.6. The number of aryl methyl sites for hydroxylation is 1. The molecule has 2 aromatic carbocycles. The van der Waals surface area contributed by atoms with Crippen LogP contribution >= 0.6 is 23.2 Å². The monoisotopic (exact) mass is 464 g/mol. The molecule has 0 radical (unpaired) electrons. The molecule has 5 nitrogen and oxygen atoms in total. The zero-order chi connectivity index (χ0) is 23.0. The topological polar surface area (TPSA) is 58.6 Å². The Balaban J connectivity index is 2.22. The second-order valence-electron chi connectivity index (χ2n) is 7.88. The van der Waals surface area contributed by atoms with Crippen LogP contribution in [0.4, 0.5) is 0 Å². The summed E-state index contributed by atoms with van der Waals surface area (Å²) in [6.07, 6.45) is 0.472. The van der Waals surface area contributed by atoms with Crippen molar-refractivity contribution in [1.29, 1.82) is 0 Å². The van der Waals surface area contributed by atoms with Gasteiger partial charge in [0.15, 0.2) is 6.61 Å². The highest BCUT2D eigenvalue weighted by molar-refractivity contribution is 6.31. The van der Waals surface area contributed by atoms with E-state index in [9.17, 15) is 9.59 Å². The average molecular weight is 465 g/mol. The zero-order valence-electron chi connectivity index (χ0n) is 18.5. The molecule has 2 aromatic rings. The molecule has 0 saturated heterocycles. The smallest absolute Gasteiger partial charge is 0.261 e. The highest BCUT2D eigenvalue weighted by Crippen LogP contribution is 2.22. The maximum Gasteiger partial charge on any atom is 0.261 e. The third kappa shape index (κ3) is 7.44. The predicted molar refractivity (Wildman–Crippen MR) is 126 cm³/mol. The van der Waals surface area contributed by atoms with Gasteiger partial charge in [0.05, 0.1) is 0 Å². The zero-order valence-corrected chi connectivity index (χ0v) is 20.0. The van der Waals surface area contributed by atoms with Crippen LogP contribution in [-0.4, -0.2) is 35.9 Å². The standard InChI is InChI=1S/C24H30Cl2N2O3/c1-5-22(24(30)27-13-16(2)3)28(14-18-8-6-7-9-21(18)26)23(29)15-31-19-10-11-20(25)17(4)12-19/h6-12,16,22H,5,13-15H2,1-4H3,(H,27,30)/t22-/m0/s1. The first kappa shape index (κ1) is 25.0. The van der Waals surface area contributed by atoms with Crippen molar-refractivity contribution in [1.82, 2.24) is 10.2 Å². The molecule has 0 spiro atoms. The lowest BCUT2D eigenvalue weighted by Crippen LogP contribution is -2.50. The van der Waals surface area contributed by atoms with E-state index in [-0.39, 0.29) is 25.0 Å². The van der Waals surface area contributed by atoms with E-state index in [2.05, 4.69) is 5.32 Å². The van der Waals surface area contributed by atoms with Crippen molar-refractivity contribution in [3.8, 4) is 5.75 Å². The number of amides is 2. The van der Waals surface area contributed by atoms with E-state index >= 15 is 0 Å². The molecule has 0 aromatic heterocycles. The van der Waals surface area contributed by atoms with Crippen LogP contribution < -0.4 is 10.1 Å². The van der Waals surface area contributed by atoms with Crippen LogP contribution in [0.25, 0.3) is 0 Å². The summed E-state index contributed by atoms with van der Waals surface area (Å²) < 4.78 is 5.71. The molecule has 31 heavy (non-hydrogen) atoms. The van der Waals surface area contributed by atoms with E-state index in [1.807, 2.05) is 45.9 Å². The normalized spacial score (nSPS) is 11.8. The summed E-state index contributed by atoms with van der Waals surface area (Å²) in [5.74, 6) is 0.383. The Bertz CT molecular complexity index is 902. The molecular weight excluding hydrogens is 435 g/mol. The molecule has 0 bridgehead atoms. The summed E-state index contributed by atoms with van der Waals surface area (Å²) in [5, 5.41) is 4.11. The van der Waals surface area contributed by atoms with E-state index in [0.717, 1.165) is 11.1 Å². The fraction of sp³-hybridized carbons (Fsp3) is 0.417. The number of hydrogen-bond acceptors (Lipinski definition) is 3. The molecule has 2 rings (SSSR count). The van der Waals surface area contributed by atoms with E-state index in [1.54, 1.807) is 29.2 Å². The highest BCUT2D eigenvalue weighted by atomic mass is 35.5. The Morgan fingerprint density at radius 2 is 1.81 bits per heavy atom. The maximum atomic E-state index is 13.2. The van der Waals surface area contributed by atoms with Gasteiger partial charge in [0.2, 0.25) is 5.91 Å². The number of ether oxygens (including phenoxy) is 1. The number of halogens is 2. The van der Waals surface area contributed by atoms with E-state index < -0.39 is 6.04 Å². The van der Waals surface area contributed by atoms with Crippen molar-refractivity contribution >= 4 is 35.0 Å². The number of nitrogens with one attached hydrogen (secondary N) is 1. The highest BCUT2D eigenvalue weighted by Gasteiger charge is 2.29. The number of hydrogen-bond donors (Lipinski definition) is 1. The summed E-state index contributed by atoms with van der Waals surface area (Å²) in [6.45, 7) is 8.37. The van der Waals surface area contributed by atoms with E-state index in [0.29, 0.717) is 34.7 Å². The van der Waals surface area contributed by atoms with Crippen LogP contribution in [0.15, 0.2) is 42.5 Å². The third-order valence-electron chi connectivity index (χ3n) is 4.86. The van der Waals surface area contributed by atoms with Crippen molar-refractivity contribution in [2.45, 2.75) is 46.7 Å². The number of rotatable bonds is 10. The summed E-state index contributed by atoms with van der Waals surface area (Å²) in [6, 6.07) is 11.9. The molecule has 168 valence electrons. The lowest BCUT2D eigenvalue weighted by molar-refractivity contribution is -0.143. The van der Waals surface area contributed by atoms with Gasteiger partial charge >= 0.3 is 0 Å². The largest absolute Gasteiger partial charge is 0.484 e. The number of carbonyl (C=O) groups excluding carboxylic acids is 2. The second-order valence-corrected chi connectivity index (χ2v) is 8.69. The van der Waals surface area contributed by atoms with Crippen molar-refractivity contribution in [2.24, 2.45) is 5.92 Å². The summed E-state index contributed by atoms with van der Waals surface area (Å²) in [7, 11) is 0. The molecule has 0 heterocycles. The van der Waals surface area contributed by atoms with Crippen LogP contribution in [0.3, 0.4) is 0 Å². The van der Waals surface area contributed by atoms with Crippen LogP contribution in [0.2, 0.25) is 10.0 Å². The molecule has 0 aliphatic heterocycles. The number of carbonyl (C=O) groups is 2. The van der Waals surface area contributed by atoms with Crippen LogP contribution in [0, 0.1) is 12.8 Å². The minimum Gasteiger partial charge on any atom is -0.484 e. The Morgan fingerprint density at radius 3 is 2.42 bits per heavy atom. The lowest BCUT2D eigenvalue weighted by atomic mass is 10.1. The summed E-state index contributed by atoms with van der Waals surface area (Å²) >= 11 is 12.4.